The summed E-state index contributed by atoms with van der Waals surface area (Å²) in [5.74, 6) is 4.61. The molecule has 5 rings (SSSR count). The molecule has 4 fully saturated rings. The van der Waals surface area contributed by atoms with Gasteiger partial charge in [0.1, 0.15) is 0 Å². The lowest BCUT2D eigenvalue weighted by Crippen LogP contribution is -2.56. The molecule has 0 bridgehead atoms. The Morgan fingerprint density at radius 1 is 0.971 bits per heavy atom. The molecule has 3 nitrogen and oxygen atoms in total. The van der Waals surface area contributed by atoms with Crippen LogP contribution in [0.5, 0.6) is 0 Å². The second-order valence-corrected chi connectivity index (χ2v) is 13.3. The monoisotopic (exact) mass is 464 g/mol. The third kappa shape index (κ3) is 4.14. The van der Waals surface area contributed by atoms with Crippen molar-refractivity contribution in [2.24, 2.45) is 40.4 Å². The van der Waals surface area contributed by atoms with E-state index >= 15 is 0 Å². The number of nitrogens with one attached hydrogen (secondary N) is 1. The fourth-order valence-corrected chi connectivity index (χ4v) is 9.64. The van der Waals surface area contributed by atoms with Crippen LogP contribution in [0.25, 0.3) is 0 Å². The molecule has 0 aromatic heterocycles. The largest absolute Gasteiger partial charge is 0.353 e. The predicted molar refractivity (Wildman–Crippen MR) is 140 cm³/mol. The summed E-state index contributed by atoms with van der Waals surface area (Å²) in [6.07, 6.45) is 12.7. The maximum atomic E-state index is 12.7. The van der Waals surface area contributed by atoms with E-state index in [2.05, 4.69) is 57.2 Å². The molecular formula is C31H48N2O. The minimum absolute atomic E-state index is 0.203. The van der Waals surface area contributed by atoms with E-state index in [1.807, 2.05) is 18.2 Å². The highest BCUT2D eigenvalue weighted by Crippen LogP contribution is 2.67. The average molecular weight is 465 g/mol. The highest BCUT2D eigenvalue weighted by atomic mass is 16.1. The zero-order valence-corrected chi connectivity index (χ0v) is 22.4. The number of amides is 1. The average Bonchev–Trinajstić information content (AvgIpc) is 3.16. The number of carbonyl (C=O) groups is 1. The van der Waals surface area contributed by atoms with Crippen LogP contribution < -0.4 is 5.32 Å². The zero-order chi connectivity index (χ0) is 24.1. The Hall–Kier alpha value is -1.35. The summed E-state index contributed by atoms with van der Waals surface area (Å²) in [4.78, 5) is 15.2. The Labute approximate surface area is 208 Å². The van der Waals surface area contributed by atoms with Gasteiger partial charge in [-0.3, -0.25) is 4.79 Å². The molecule has 0 aliphatic heterocycles. The van der Waals surface area contributed by atoms with Gasteiger partial charge < -0.3 is 10.2 Å². The van der Waals surface area contributed by atoms with Crippen LogP contribution in [0.2, 0.25) is 0 Å². The third-order valence-corrected chi connectivity index (χ3v) is 11.7. The fourth-order valence-electron chi connectivity index (χ4n) is 9.64. The van der Waals surface area contributed by atoms with Gasteiger partial charge in [-0.25, -0.2) is 0 Å². The van der Waals surface area contributed by atoms with Gasteiger partial charge in [0.15, 0.2) is 0 Å². The molecule has 34 heavy (non-hydrogen) atoms. The normalized spacial score (nSPS) is 42.4. The van der Waals surface area contributed by atoms with Crippen LogP contribution in [0.1, 0.15) is 84.1 Å². The van der Waals surface area contributed by atoms with E-state index in [1.54, 1.807) is 0 Å². The first-order valence-corrected chi connectivity index (χ1v) is 14.2. The van der Waals surface area contributed by atoms with Crippen molar-refractivity contribution in [3.05, 3.63) is 35.9 Å². The van der Waals surface area contributed by atoms with Gasteiger partial charge in [0, 0.05) is 12.1 Å². The molecule has 1 N–H and O–H groups in total. The minimum Gasteiger partial charge on any atom is -0.353 e. The Balaban J connectivity index is 1.24. The molecule has 4 saturated carbocycles. The number of fused-ring (bicyclic) bond motifs is 5. The highest BCUT2D eigenvalue weighted by molar-refractivity contribution is 5.78. The summed E-state index contributed by atoms with van der Waals surface area (Å²) in [7, 11) is 4.55. The van der Waals surface area contributed by atoms with Crippen molar-refractivity contribution in [1.82, 2.24) is 10.2 Å². The molecule has 1 amide bonds. The molecular weight excluding hydrogens is 416 g/mol. The fraction of sp³-hybridized carbons (Fsp3) is 0.774. The van der Waals surface area contributed by atoms with Crippen molar-refractivity contribution in [3.8, 4) is 0 Å². The zero-order valence-electron chi connectivity index (χ0n) is 22.4. The van der Waals surface area contributed by atoms with Crippen molar-refractivity contribution >= 4 is 5.91 Å². The van der Waals surface area contributed by atoms with E-state index in [9.17, 15) is 4.79 Å². The predicted octanol–water partition coefficient (Wildman–Crippen LogP) is 6.32. The molecule has 3 heteroatoms. The first-order valence-electron chi connectivity index (χ1n) is 14.2. The molecule has 4 aliphatic carbocycles. The second-order valence-electron chi connectivity index (χ2n) is 13.3. The molecule has 0 spiro atoms. The van der Waals surface area contributed by atoms with Crippen LogP contribution in [0.4, 0.5) is 0 Å². The van der Waals surface area contributed by atoms with Crippen molar-refractivity contribution in [2.75, 3.05) is 14.1 Å². The van der Waals surface area contributed by atoms with Crippen LogP contribution in [0.3, 0.4) is 0 Å². The summed E-state index contributed by atoms with van der Waals surface area (Å²) in [6.45, 7) is 7.78. The summed E-state index contributed by atoms with van der Waals surface area (Å²) in [5.41, 5.74) is 2.14. The van der Waals surface area contributed by atoms with Crippen molar-refractivity contribution in [2.45, 2.75) is 97.1 Å². The van der Waals surface area contributed by atoms with Crippen LogP contribution in [0.15, 0.2) is 30.3 Å². The van der Waals surface area contributed by atoms with Gasteiger partial charge in [0.05, 0.1) is 6.42 Å². The van der Waals surface area contributed by atoms with Gasteiger partial charge in [-0.05, 0) is 125 Å². The number of hydrogen-bond acceptors (Lipinski definition) is 2. The minimum atomic E-state index is 0.203. The first-order chi connectivity index (χ1) is 16.2. The number of benzene rings is 1. The van der Waals surface area contributed by atoms with Crippen LogP contribution in [-0.2, 0) is 11.2 Å². The van der Waals surface area contributed by atoms with Crippen LogP contribution in [-0.4, -0.2) is 37.0 Å². The van der Waals surface area contributed by atoms with E-state index in [1.165, 1.54) is 57.8 Å². The van der Waals surface area contributed by atoms with E-state index in [0.29, 0.717) is 29.3 Å². The highest BCUT2D eigenvalue weighted by Gasteiger charge is 2.60. The number of hydrogen-bond donors (Lipinski definition) is 1. The SMILES string of the molecule is C[C@@H]([C@H]1CC[C@H]2[C@@H]3CC[C@H]4C[C@H](NC(=O)Cc5ccccc5)CC[C@]4(C)[C@H]3CC[C@]12C)N(C)C. The summed E-state index contributed by atoms with van der Waals surface area (Å²) in [5, 5.41) is 3.42. The molecule has 0 unspecified atom stereocenters. The van der Waals surface area contributed by atoms with E-state index < -0.39 is 0 Å². The molecule has 0 saturated heterocycles. The number of carbonyl (C=O) groups excluding carboxylic acids is 1. The molecule has 4 aliphatic rings. The molecule has 1 aromatic rings. The Morgan fingerprint density at radius 3 is 2.41 bits per heavy atom. The standard InChI is InChI=1S/C31H48N2O/c1-21(33(4)5)26-13-14-27-25-12-11-23-20-24(32-29(34)19-22-9-7-6-8-10-22)15-17-30(23,2)28(25)16-18-31(26,27)3/h6-10,21,23-28H,11-20H2,1-5H3,(H,32,34)/t21-,23-,24+,25-,26+,27-,28-,30-,31+/m0/s1. The molecule has 188 valence electrons. The van der Waals surface area contributed by atoms with Gasteiger partial charge in [-0.15, -0.1) is 0 Å². The first kappa shape index (κ1) is 24.3. The number of rotatable bonds is 5. The Morgan fingerprint density at radius 2 is 1.68 bits per heavy atom. The lowest BCUT2D eigenvalue weighted by molar-refractivity contribution is -0.127. The van der Waals surface area contributed by atoms with Gasteiger partial charge in [0.2, 0.25) is 5.91 Å². The lowest BCUT2D eigenvalue weighted by Gasteiger charge is -2.61. The third-order valence-electron chi connectivity index (χ3n) is 11.7. The molecule has 0 heterocycles. The van der Waals surface area contributed by atoms with Crippen LogP contribution in [0, 0.1) is 40.4 Å². The topological polar surface area (TPSA) is 32.3 Å². The van der Waals surface area contributed by atoms with Gasteiger partial charge in [-0.1, -0.05) is 44.2 Å². The molecule has 9 atom stereocenters. The maximum Gasteiger partial charge on any atom is 0.224 e. The van der Waals surface area contributed by atoms with E-state index in [0.717, 1.165) is 35.2 Å². The van der Waals surface area contributed by atoms with Gasteiger partial charge in [0.25, 0.3) is 0 Å². The van der Waals surface area contributed by atoms with Crippen molar-refractivity contribution in [1.29, 1.82) is 0 Å². The van der Waals surface area contributed by atoms with Crippen LogP contribution >= 0.6 is 0 Å². The van der Waals surface area contributed by atoms with Gasteiger partial charge >= 0.3 is 0 Å². The summed E-state index contributed by atoms with van der Waals surface area (Å²) >= 11 is 0. The van der Waals surface area contributed by atoms with Crippen molar-refractivity contribution in [3.63, 3.8) is 0 Å². The maximum absolute atomic E-state index is 12.7. The number of nitrogens with zero attached hydrogens (tertiary/aromatic N) is 1. The quantitative estimate of drug-likeness (QED) is 0.553. The van der Waals surface area contributed by atoms with Gasteiger partial charge in [-0.2, -0.15) is 0 Å². The van der Waals surface area contributed by atoms with E-state index in [-0.39, 0.29) is 5.91 Å². The Bertz CT molecular complexity index is 867. The smallest absolute Gasteiger partial charge is 0.224 e. The van der Waals surface area contributed by atoms with E-state index in [4.69, 9.17) is 0 Å². The second kappa shape index (κ2) is 9.26. The lowest BCUT2D eigenvalue weighted by atomic mass is 9.44. The molecule has 1 aromatic carbocycles. The molecule has 0 radical (unpaired) electrons. The Kier molecular flexibility index (Phi) is 6.63. The van der Waals surface area contributed by atoms with Crippen molar-refractivity contribution < 1.29 is 4.79 Å². The summed E-state index contributed by atoms with van der Waals surface area (Å²) < 4.78 is 0. The summed E-state index contributed by atoms with van der Waals surface area (Å²) in [6, 6.07) is 11.2.